The average molecular weight is 286 g/mol. The number of piperidine rings is 1. The van der Waals surface area contributed by atoms with E-state index in [1.807, 2.05) is 13.0 Å². The van der Waals surface area contributed by atoms with Crippen LogP contribution in [0.2, 0.25) is 0 Å². The zero-order valence-electron chi connectivity index (χ0n) is 12.0. The lowest BCUT2D eigenvalue weighted by molar-refractivity contribution is -0.144. The van der Waals surface area contributed by atoms with Crippen molar-refractivity contribution in [2.75, 3.05) is 6.54 Å². The van der Waals surface area contributed by atoms with E-state index in [-0.39, 0.29) is 12.3 Å². The third-order valence-corrected chi connectivity index (χ3v) is 3.87. The summed E-state index contributed by atoms with van der Waals surface area (Å²) in [6.07, 6.45) is 1.53. The van der Waals surface area contributed by atoms with Crippen molar-refractivity contribution in [1.29, 1.82) is 5.26 Å². The molecule has 5 heteroatoms. The Hall–Kier alpha value is -2.35. The minimum Gasteiger partial charge on any atom is -0.480 e. The van der Waals surface area contributed by atoms with E-state index >= 15 is 0 Å². The maximum absolute atomic E-state index is 12.6. The highest BCUT2D eigenvalue weighted by molar-refractivity contribution is 5.96. The molecule has 1 aliphatic rings. The first-order valence-corrected chi connectivity index (χ1v) is 7.02. The molecule has 1 aromatic carbocycles. The second-order valence-electron chi connectivity index (χ2n) is 5.52. The number of nitriles is 1. The fourth-order valence-corrected chi connectivity index (χ4v) is 2.69. The molecule has 1 N–H and O–H groups in total. The van der Waals surface area contributed by atoms with E-state index in [2.05, 4.69) is 0 Å². The second kappa shape index (κ2) is 6.40. The minimum atomic E-state index is -0.955. The van der Waals surface area contributed by atoms with E-state index in [1.54, 1.807) is 24.3 Å². The Morgan fingerprint density at radius 3 is 2.90 bits per heavy atom. The van der Waals surface area contributed by atoms with Gasteiger partial charge in [-0.2, -0.15) is 5.26 Å². The summed E-state index contributed by atoms with van der Waals surface area (Å²) in [7, 11) is 0. The van der Waals surface area contributed by atoms with Gasteiger partial charge in [-0.05, 0) is 36.5 Å². The molecule has 1 saturated heterocycles. The fourth-order valence-electron chi connectivity index (χ4n) is 2.69. The van der Waals surface area contributed by atoms with Crippen molar-refractivity contribution >= 4 is 11.9 Å². The van der Waals surface area contributed by atoms with Gasteiger partial charge in [-0.3, -0.25) is 4.79 Å². The summed E-state index contributed by atoms with van der Waals surface area (Å²) in [5.74, 6) is -0.919. The standard InChI is InChI=1S/C16H18N2O3/c1-11-6-8-18(14(9-11)16(20)21)15(19)13-4-2-3-12(10-13)5-7-17/h2-4,10-11,14H,5-6,8-9H2,1H3,(H,20,21). The SMILES string of the molecule is CC1CCN(C(=O)c2cccc(CC#N)c2)C(C(=O)O)C1. The van der Waals surface area contributed by atoms with Gasteiger partial charge in [0.05, 0.1) is 12.5 Å². The summed E-state index contributed by atoms with van der Waals surface area (Å²) in [4.78, 5) is 25.4. The number of carbonyl (C=O) groups excluding carboxylic acids is 1. The van der Waals surface area contributed by atoms with Crippen LogP contribution in [0.3, 0.4) is 0 Å². The van der Waals surface area contributed by atoms with E-state index in [0.717, 1.165) is 12.0 Å². The molecule has 1 amide bonds. The molecular weight excluding hydrogens is 268 g/mol. The van der Waals surface area contributed by atoms with Crippen LogP contribution in [0.15, 0.2) is 24.3 Å². The Kier molecular flexibility index (Phi) is 4.59. The smallest absolute Gasteiger partial charge is 0.326 e. The highest BCUT2D eigenvalue weighted by atomic mass is 16.4. The van der Waals surface area contributed by atoms with Crippen molar-refractivity contribution in [3.63, 3.8) is 0 Å². The molecule has 1 heterocycles. The van der Waals surface area contributed by atoms with Gasteiger partial charge in [0.15, 0.2) is 0 Å². The first-order valence-electron chi connectivity index (χ1n) is 7.02. The summed E-state index contributed by atoms with van der Waals surface area (Å²) in [5.41, 5.74) is 1.21. The molecule has 0 saturated carbocycles. The predicted octanol–water partition coefficient (Wildman–Crippen LogP) is 2.08. The highest BCUT2D eigenvalue weighted by Gasteiger charge is 2.35. The van der Waals surface area contributed by atoms with E-state index in [0.29, 0.717) is 24.4 Å². The molecule has 2 rings (SSSR count). The molecule has 110 valence electrons. The number of carboxylic acid groups (broad SMARTS) is 1. The lowest BCUT2D eigenvalue weighted by Crippen LogP contribution is -2.49. The van der Waals surface area contributed by atoms with Gasteiger partial charge in [-0.15, -0.1) is 0 Å². The van der Waals surface area contributed by atoms with Crippen molar-refractivity contribution in [1.82, 2.24) is 4.90 Å². The number of aliphatic carboxylic acids is 1. The number of amides is 1. The van der Waals surface area contributed by atoms with Crippen LogP contribution >= 0.6 is 0 Å². The molecule has 5 nitrogen and oxygen atoms in total. The molecule has 0 radical (unpaired) electrons. The van der Waals surface area contributed by atoms with Crippen LogP contribution in [0.1, 0.15) is 35.7 Å². The van der Waals surface area contributed by atoms with Crippen molar-refractivity contribution in [2.24, 2.45) is 5.92 Å². The molecule has 2 unspecified atom stereocenters. The second-order valence-corrected chi connectivity index (χ2v) is 5.52. The van der Waals surface area contributed by atoms with Gasteiger partial charge < -0.3 is 10.0 Å². The van der Waals surface area contributed by atoms with Crippen LogP contribution in [0.25, 0.3) is 0 Å². The Labute approximate surface area is 123 Å². The molecule has 0 aromatic heterocycles. The first kappa shape index (κ1) is 15.0. The van der Waals surface area contributed by atoms with Crippen molar-refractivity contribution in [3.05, 3.63) is 35.4 Å². The summed E-state index contributed by atoms with van der Waals surface area (Å²) in [6, 6.07) is 8.13. The molecule has 2 atom stereocenters. The number of nitrogens with zero attached hydrogens (tertiary/aromatic N) is 2. The van der Waals surface area contributed by atoms with Crippen LogP contribution < -0.4 is 0 Å². The Morgan fingerprint density at radius 1 is 1.48 bits per heavy atom. The molecule has 21 heavy (non-hydrogen) atoms. The molecule has 0 aliphatic carbocycles. The third kappa shape index (κ3) is 3.40. The van der Waals surface area contributed by atoms with Gasteiger partial charge >= 0.3 is 5.97 Å². The molecule has 0 spiro atoms. The van der Waals surface area contributed by atoms with E-state index in [1.165, 1.54) is 4.90 Å². The summed E-state index contributed by atoms with van der Waals surface area (Å²) in [6.45, 7) is 2.46. The van der Waals surface area contributed by atoms with Gasteiger partial charge in [0.25, 0.3) is 5.91 Å². The number of hydrogen-bond donors (Lipinski definition) is 1. The molecule has 1 fully saturated rings. The van der Waals surface area contributed by atoms with Crippen LogP contribution in [0, 0.1) is 17.2 Å². The fraction of sp³-hybridized carbons (Fsp3) is 0.438. The lowest BCUT2D eigenvalue weighted by Gasteiger charge is -2.36. The molecular formula is C16H18N2O3. The number of carbonyl (C=O) groups is 2. The van der Waals surface area contributed by atoms with Crippen molar-refractivity contribution in [3.8, 4) is 6.07 Å². The van der Waals surface area contributed by atoms with Gasteiger partial charge in [0, 0.05) is 12.1 Å². The lowest BCUT2D eigenvalue weighted by atomic mass is 9.91. The molecule has 1 aliphatic heterocycles. The highest BCUT2D eigenvalue weighted by Crippen LogP contribution is 2.24. The summed E-state index contributed by atoms with van der Waals surface area (Å²) in [5, 5.41) is 18.0. The molecule has 1 aromatic rings. The summed E-state index contributed by atoms with van der Waals surface area (Å²) < 4.78 is 0. The number of likely N-dealkylation sites (tertiary alicyclic amines) is 1. The minimum absolute atomic E-state index is 0.237. The van der Waals surface area contributed by atoms with Crippen molar-refractivity contribution in [2.45, 2.75) is 32.2 Å². The van der Waals surface area contributed by atoms with Crippen LogP contribution in [0.5, 0.6) is 0 Å². The summed E-state index contributed by atoms with van der Waals surface area (Å²) >= 11 is 0. The van der Waals surface area contributed by atoms with Crippen LogP contribution in [-0.2, 0) is 11.2 Å². The maximum atomic E-state index is 12.6. The monoisotopic (exact) mass is 286 g/mol. The topological polar surface area (TPSA) is 81.4 Å². The van der Waals surface area contributed by atoms with E-state index in [4.69, 9.17) is 5.26 Å². The van der Waals surface area contributed by atoms with Crippen LogP contribution in [-0.4, -0.2) is 34.5 Å². The van der Waals surface area contributed by atoms with Gasteiger partial charge in [0.2, 0.25) is 0 Å². The van der Waals surface area contributed by atoms with Gasteiger partial charge in [-0.1, -0.05) is 19.1 Å². The largest absolute Gasteiger partial charge is 0.480 e. The van der Waals surface area contributed by atoms with Crippen LogP contribution in [0.4, 0.5) is 0 Å². The molecule has 0 bridgehead atoms. The Bertz CT molecular complexity index is 591. The number of benzene rings is 1. The normalized spacial score (nSPS) is 21.6. The maximum Gasteiger partial charge on any atom is 0.326 e. The first-order chi connectivity index (χ1) is 10.0. The quantitative estimate of drug-likeness (QED) is 0.922. The van der Waals surface area contributed by atoms with E-state index < -0.39 is 12.0 Å². The van der Waals surface area contributed by atoms with Gasteiger partial charge in [-0.25, -0.2) is 4.79 Å². The predicted molar refractivity (Wildman–Crippen MR) is 76.6 cm³/mol. The third-order valence-electron chi connectivity index (χ3n) is 3.87. The zero-order valence-corrected chi connectivity index (χ0v) is 12.0. The van der Waals surface area contributed by atoms with Crippen molar-refractivity contribution < 1.29 is 14.7 Å². The number of carboxylic acids is 1. The Balaban J connectivity index is 2.23. The zero-order chi connectivity index (χ0) is 15.4. The van der Waals surface area contributed by atoms with Gasteiger partial charge in [0.1, 0.15) is 6.04 Å². The number of hydrogen-bond acceptors (Lipinski definition) is 3. The average Bonchev–Trinajstić information content (AvgIpc) is 2.47. The number of rotatable bonds is 3. The van der Waals surface area contributed by atoms with E-state index in [9.17, 15) is 14.7 Å². The Morgan fingerprint density at radius 2 is 2.24 bits per heavy atom.